The monoisotopic (exact) mass is 370 g/mol. The fourth-order valence-corrected chi connectivity index (χ4v) is 4.99. The Bertz CT molecular complexity index is 493. The van der Waals surface area contributed by atoms with Gasteiger partial charge >= 0.3 is 0 Å². The molecule has 0 atom stereocenters. The van der Waals surface area contributed by atoms with E-state index < -0.39 is 0 Å². The number of rotatable bonds is 13. The summed E-state index contributed by atoms with van der Waals surface area (Å²) in [5.41, 5.74) is 4.77. The molecule has 1 aromatic carbocycles. The van der Waals surface area contributed by atoms with Crippen molar-refractivity contribution in [3.8, 4) is 0 Å². The zero-order valence-electron chi connectivity index (χ0n) is 18.7. The molecule has 1 aliphatic carbocycles. The molecule has 0 saturated heterocycles. The second kappa shape index (κ2) is 13.4. The second-order valence-electron chi connectivity index (χ2n) is 9.27. The molecule has 2 rings (SSSR count). The van der Waals surface area contributed by atoms with E-state index in [0.717, 1.165) is 11.8 Å². The van der Waals surface area contributed by atoms with Crippen LogP contribution in [0.2, 0.25) is 0 Å². The van der Waals surface area contributed by atoms with Gasteiger partial charge in [-0.15, -0.1) is 0 Å². The van der Waals surface area contributed by atoms with Gasteiger partial charge in [-0.25, -0.2) is 0 Å². The molecule has 0 unspecified atom stereocenters. The summed E-state index contributed by atoms with van der Waals surface area (Å²) in [7, 11) is 0. The van der Waals surface area contributed by atoms with Crippen molar-refractivity contribution in [1.29, 1.82) is 0 Å². The lowest BCUT2D eigenvalue weighted by Gasteiger charge is -2.29. The average molecular weight is 371 g/mol. The summed E-state index contributed by atoms with van der Waals surface area (Å²) in [6.07, 6.45) is 22.6. The molecule has 154 valence electrons. The van der Waals surface area contributed by atoms with Crippen LogP contribution in [-0.2, 0) is 6.42 Å². The highest BCUT2D eigenvalue weighted by molar-refractivity contribution is 5.33. The first kappa shape index (κ1) is 22.5. The number of hydrogen-bond acceptors (Lipinski definition) is 0. The van der Waals surface area contributed by atoms with E-state index in [2.05, 4.69) is 39.0 Å². The van der Waals surface area contributed by atoms with E-state index in [1.54, 1.807) is 16.7 Å². The zero-order chi connectivity index (χ0) is 19.3. The molecule has 0 N–H and O–H groups in total. The van der Waals surface area contributed by atoms with Crippen LogP contribution in [0.5, 0.6) is 0 Å². The lowest BCUT2D eigenvalue weighted by Crippen LogP contribution is -2.13. The van der Waals surface area contributed by atoms with Crippen molar-refractivity contribution in [1.82, 2.24) is 0 Å². The molecule has 0 aliphatic heterocycles. The number of hydrogen-bond donors (Lipinski definition) is 0. The Kier molecular flexibility index (Phi) is 11.2. The highest BCUT2D eigenvalue weighted by Crippen LogP contribution is 2.38. The predicted octanol–water partition coefficient (Wildman–Crippen LogP) is 9.14. The SMILES string of the molecule is CCCCCCCCCc1ccc(C2CCC(CCCCC)CC2)cc1C. The van der Waals surface area contributed by atoms with Gasteiger partial charge in [0.2, 0.25) is 0 Å². The molecule has 27 heavy (non-hydrogen) atoms. The Morgan fingerprint density at radius 2 is 1.37 bits per heavy atom. The smallest absolute Gasteiger partial charge is 0.0162 e. The second-order valence-corrected chi connectivity index (χ2v) is 9.27. The van der Waals surface area contributed by atoms with Gasteiger partial charge < -0.3 is 0 Å². The summed E-state index contributed by atoms with van der Waals surface area (Å²) in [4.78, 5) is 0. The Morgan fingerprint density at radius 1 is 0.741 bits per heavy atom. The molecular weight excluding hydrogens is 324 g/mol. The van der Waals surface area contributed by atoms with Crippen LogP contribution in [-0.4, -0.2) is 0 Å². The van der Waals surface area contributed by atoms with Crippen LogP contribution in [0.4, 0.5) is 0 Å². The first-order valence-corrected chi connectivity index (χ1v) is 12.3. The Hall–Kier alpha value is -0.780. The topological polar surface area (TPSA) is 0 Å². The Morgan fingerprint density at radius 3 is 2.04 bits per heavy atom. The van der Waals surface area contributed by atoms with Gasteiger partial charge in [0.15, 0.2) is 0 Å². The molecule has 0 heteroatoms. The maximum Gasteiger partial charge on any atom is -0.0162 e. The standard InChI is InChI=1S/C27H46/c1-4-6-8-9-10-11-13-15-25-20-21-27(22-23(25)3)26-18-16-24(17-19-26)14-12-7-5-2/h20-22,24,26H,4-19H2,1-3H3. The molecule has 0 nitrogen and oxygen atoms in total. The van der Waals surface area contributed by atoms with Gasteiger partial charge in [0, 0.05) is 0 Å². The summed E-state index contributed by atoms with van der Waals surface area (Å²) >= 11 is 0. The highest BCUT2D eigenvalue weighted by Gasteiger charge is 2.22. The van der Waals surface area contributed by atoms with Gasteiger partial charge in [-0.1, -0.05) is 96.3 Å². The van der Waals surface area contributed by atoms with Gasteiger partial charge in [-0.2, -0.15) is 0 Å². The predicted molar refractivity (Wildman–Crippen MR) is 122 cm³/mol. The van der Waals surface area contributed by atoms with Crippen molar-refractivity contribution in [2.75, 3.05) is 0 Å². The summed E-state index contributed by atoms with van der Waals surface area (Å²) in [6.45, 7) is 6.96. The molecular formula is C27H46. The largest absolute Gasteiger partial charge is 0.0654 e. The van der Waals surface area contributed by atoms with E-state index >= 15 is 0 Å². The lowest BCUT2D eigenvalue weighted by molar-refractivity contribution is 0.302. The van der Waals surface area contributed by atoms with Crippen LogP contribution in [0.25, 0.3) is 0 Å². The van der Waals surface area contributed by atoms with Crippen molar-refractivity contribution in [3.63, 3.8) is 0 Å². The van der Waals surface area contributed by atoms with Crippen LogP contribution in [0.3, 0.4) is 0 Å². The summed E-state index contributed by atoms with van der Waals surface area (Å²) in [5, 5.41) is 0. The van der Waals surface area contributed by atoms with Crippen molar-refractivity contribution >= 4 is 0 Å². The van der Waals surface area contributed by atoms with E-state index in [9.17, 15) is 0 Å². The van der Waals surface area contributed by atoms with Crippen molar-refractivity contribution in [3.05, 3.63) is 34.9 Å². The maximum atomic E-state index is 2.53. The van der Waals surface area contributed by atoms with Crippen LogP contribution in [0.15, 0.2) is 18.2 Å². The lowest BCUT2D eigenvalue weighted by atomic mass is 9.76. The Balaban J connectivity index is 1.70. The molecule has 0 amide bonds. The van der Waals surface area contributed by atoms with Crippen molar-refractivity contribution in [2.45, 2.75) is 129 Å². The quantitative estimate of drug-likeness (QED) is 0.304. The van der Waals surface area contributed by atoms with E-state index in [4.69, 9.17) is 0 Å². The summed E-state index contributed by atoms with van der Waals surface area (Å²) in [6, 6.07) is 7.44. The highest BCUT2D eigenvalue weighted by atomic mass is 14.3. The molecule has 1 aromatic rings. The molecule has 0 spiro atoms. The van der Waals surface area contributed by atoms with Crippen LogP contribution >= 0.6 is 0 Å². The minimum Gasteiger partial charge on any atom is -0.0654 e. The third-order valence-electron chi connectivity index (χ3n) is 6.95. The first-order chi connectivity index (χ1) is 13.2. The van der Waals surface area contributed by atoms with Crippen LogP contribution in [0.1, 0.15) is 133 Å². The Labute approximate surface area is 170 Å². The molecule has 0 radical (unpaired) electrons. The van der Waals surface area contributed by atoms with Gasteiger partial charge in [-0.05, 0) is 74.0 Å². The van der Waals surface area contributed by atoms with E-state index in [-0.39, 0.29) is 0 Å². The number of unbranched alkanes of at least 4 members (excludes halogenated alkanes) is 8. The third kappa shape index (κ3) is 8.41. The molecule has 1 saturated carbocycles. The normalized spacial score (nSPS) is 20.1. The fraction of sp³-hybridized carbons (Fsp3) is 0.778. The van der Waals surface area contributed by atoms with E-state index in [1.807, 2.05) is 0 Å². The number of aryl methyl sites for hydroxylation is 2. The minimum absolute atomic E-state index is 0.832. The third-order valence-corrected chi connectivity index (χ3v) is 6.95. The van der Waals surface area contributed by atoms with Gasteiger partial charge in [0.05, 0.1) is 0 Å². The van der Waals surface area contributed by atoms with Crippen molar-refractivity contribution in [2.24, 2.45) is 5.92 Å². The van der Waals surface area contributed by atoms with E-state index in [0.29, 0.717) is 0 Å². The minimum atomic E-state index is 0.832. The molecule has 1 fully saturated rings. The van der Waals surface area contributed by atoms with Crippen LogP contribution < -0.4 is 0 Å². The zero-order valence-corrected chi connectivity index (χ0v) is 18.7. The van der Waals surface area contributed by atoms with Gasteiger partial charge in [0.25, 0.3) is 0 Å². The average Bonchev–Trinajstić information content (AvgIpc) is 2.69. The fourth-order valence-electron chi connectivity index (χ4n) is 4.99. The maximum absolute atomic E-state index is 2.53. The van der Waals surface area contributed by atoms with Gasteiger partial charge in [0.1, 0.15) is 0 Å². The number of benzene rings is 1. The summed E-state index contributed by atoms with van der Waals surface area (Å²) < 4.78 is 0. The molecule has 0 aromatic heterocycles. The first-order valence-electron chi connectivity index (χ1n) is 12.3. The molecule has 0 bridgehead atoms. The van der Waals surface area contributed by atoms with Crippen LogP contribution in [0, 0.1) is 12.8 Å². The summed E-state index contributed by atoms with van der Waals surface area (Å²) in [5.74, 6) is 1.85. The molecule has 1 aliphatic rings. The molecule has 0 heterocycles. The van der Waals surface area contributed by atoms with Gasteiger partial charge in [-0.3, -0.25) is 0 Å². The van der Waals surface area contributed by atoms with Crippen molar-refractivity contribution < 1.29 is 0 Å². The van der Waals surface area contributed by atoms with E-state index in [1.165, 1.54) is 103 Å².